The Morgan fingerprint density at radius 1 is 1.25 bits per heavy atom. The lowest BCUT2D eigenvalue weighted by atomic mass is 10.1. The van der Waals surface area contributed by atoms with Gasteiger partial charge in [-0.15, -0.1) is 0 Å². The second-order valence-corrected chi connectivity index (χ2v) is 5.53. The number of ether oxygens (including phenoxy) is 2. The topological polar surface area (TPSA) is 64.6 Å². The zero-order chi connectivity index (χ0) is 15.3. The molecular formula is C14H18ClNO4. The number of alkyl carbamates (subject to hydrolysis) is 1. The van der Waals surface area contributed by atoms with E-state index in [2.05, 4.69) is 10.1 Å². The monoisotopic (exact) mass is 299 g/mol. The first-order chi connectivity index (χ1) is 9.24. The normalized spacial score (nSPS) is 12.4. The molecule has 0 fully saturated rings. The summed E-state index contributed by atoms with van der Waals surface area (Å²) < 4.78 is 9.81. The van der Waals surface area contributed by atoms with Crippen molar-refractivity contribution in [2.24, 2.45) is 0 Å². The number of carbonyl (C=O) groups is 2. The van der Waals surface area contributed by atoms with Gasteiger partial charge in [0, 0.05) is 10.6 Å². The maximum Gasteiger partial charge on any atom is 0.408 e. The van der Waals surface area contributed by atoms with Gasteiger partial charge < -0.3 is 14.8 Å². The molecule has 1 aromatic carbocycles. The van der Waals surface area contributed by atoms with Gasteiger partial charge in [0.05, 0.1) is 7.11 Å². The molecule has 6 heteroatoms. The second kappa shape index (κ2) is 6.61. The molecule has 0 aliphatic rings. The van der Waals surface area contributed by atoms with E-state index in [0.717, 1.165) is 0 Å². The standard InChI is InChI=1S/C14H18ClNO4/c1-14(2,3)20-13(18)16-11(12(17)19-4)9-7-5-6-8-10(9)15/h5-8,11H,1-4H3,(H,16,18)/t11-/m0/s1. The maximum absolute atomic E-state index is 11.8. The molecule has 1 amide bonds. The molecule has 0 saturated heterocycles. The van der Waals surface area contributed by atoms with Crippen molar-refractivity contribution in [3.63, 3.8) is 0 Å². The summed E-state index contributed by atoms with van der Waals surface area (Å²) in [5.41, 5.74) is -0.211. The lowest BCUT2D eigenvalue weighted by Gasteiger charge is -2.23. The van der Waals surface area contributed by atoms with E-state index in [1.165, 1.54) is 7.11 Å². The number of esters is 1. The Balaban J connectivity index is 2.95. The predicted molar refractivity (Wildman–Crippen MR) is 75.6 cm³/mol. The van der Waals surface area contributed by atoms with Gasteiger partial charge in [-0.25, -0.2) is 9.59 Å². The van der Waals surface area contributed by atoms with E-state index in [4.69, 9.17) is 16.3 Å². The van der Waals surface area contributed by atoms with Crippen molar-refractivity contribution in [3.8, 4) is 0 Å². The van der Waals surface area contributed by atoms with Crippen LogP contribution in [-0.2, 0) is 14.3 Å². The van der Waals surface area contributed by atoms with Crippen molar-refractivity contribution in [3.05, 3.63) is 34.9 Å². The van der Waals surface area contributed by atoms with Crippen molar-refractivity contribution in [2.75, 3.05) is 7.11 Å². The summed E-state index contributed by atoms with van der Waals surface area (Å²) in [5.74, 6) is -0.621. The molecule has 110 valence electrons. The maximum atomic E-state index is 11.8. The predicted octanol–water partition coefficient (Wildman–Crippen LogP) is 3.08. The molecule has 0 aromatic heterocycles. The number of halogens is 1. The molecule has 5 nitrogen and oxygen atoms in total. The van der Waals surface area contributed by atoms with Crippen LogP contribution in [0.2, 0.25) is 5.02 Å². The summed E-state index contributed by atoms with van der Waals surface area (Å²) in [6.45, 7) is 5.19. The minimum atomic E-state index is -1.01. The van der Waals surface area contributed by atoms with Crippen LogP contribution in [-0.4, -0.2) is 24.8 Å². The molecule has 0 aliphatic heterocycles. The van der Waals surface area contributed by atoms with Crippen molar-refractivity contribution < 1.29 is 19.1 Å². The number of benzene rings is 1. The smallest absolute Gasteiger partial charge is 0.408 e. The molecule has 0 radical (unpaired) electrons. The summed E-state index contributed by atoms with van der Waals surface area (Å²) in [4.78, 5) is 23.6. The van der Waals surface area contributed by atoms with Gasteiger partial charge in [0.2, 0.25) is 0 Å². The van der Waals surface area contributed by atoms with E-state index in [1.54, 1.807) is 45.0 Å². The highest BCUT2D eigenvalue weighted by Crippen LogP contribution is 2.24. The van der Waals surface area contributed by atoms with Crippen molar-refractivity contribution in [1.82, 2.24) is 5.32 Å². The molecule has 0 heterocycles. The summed E-state index contributed by atoms with van der Waals surface area (Å²) in [6, 6.07) is 5.70. The lowest BCUT2D eigenvalue weighted by molar-refractivity contribution is -0.143. The Hall–Kier alpha value is -1.75. The van der Waals surface area contributed by atoms with Crippen LogP contribution >= 0.6 is 11.6 Å². The fraction of sp³-hybridized carbons (Fsp3) is 0.429. The van der Waals surface area contributed by atoms with Gasteiger partial charge in [0.25, 0.3) is 0 Å². The number of amides is 1. The largest absolute Gasteiger partial charge is 0.467 e. The van der Waals surface area contributed by atoms with E-state index in [0.29, 0.717) is 10.6 Å². The molecule has 1 N–H and O–H groups in total. The van der Waals surface area contributed by atoms with Gasteiger partial charge in [-0.1, -0.05) is 29.8 Å². The first kappa shape index (κ1) is 16.3. The Kier molecular flexibility index (Phi) is 5.39. The van der Waals surface area contributed by atoms with Crippen molar-refractivity contribution >= 4 is 23.7 Å². The Bertz CT molecular complexity index is 496. The lowest BCUT2D eigenvalue weighted by Crippen LogP contribution is -2.38. The minimum Gasteiger partial charge on any atom is -0.467 e. The van der Waals surface area contributed by atoms with Crippen LogP contribution in [0.1, 0.15) is 32.4 Å². The van der Waals surface area contributed by atoms with Gasteiger partial charge in [0.1, 0.15) is 5.60 Å². The fourth-order valence-electron chi connectivity index (χ4n) is 1.52. The van der Waals surface area contributed by atoms with Crippen LogP contribution in [0, 0.1) is 0 Å². The number of hydrogen-bond acceptors (Lipinski definition) is 4. The van der Waals surface area contributed by atoms with Crippen LogP contribution in [0.25, 0.3) is 0 Å². The summed E-state index contributed by atoms with van der Waals surface area (Å²) in [6.07, 6.45) is -0.715. The van der Waals surface area contributed by atoms with E-state index < -0.39 is 23.7 Å². The van der Waals surface area contributed by atoms with E-state index in [1.807, 2.05) is 0 Å². The number of nitrogens with one attached hydrogen (secondary N) is 1. The third-order valence-electron chi connectivity index (χ3n) is 2.31. The molecule has 1 atom stereocenters. The molecule has 0 unspecified atom stereocenters. The van der Waals surface area contributed by atoms with Gasteiger partial charge >= 0.3 is 12.1 Å². The molecule has 1 rings (SSSR count). The highest BCUT2D eigenvalue weighted by atomic mass is 35.5. The van der Waals surface area contributed by atoms with E-state index in [9.17, 15) is 9.59 Å². The number of methoxy groups -OCH3 is 1. The minimum absolute atomic E-state index is 0.360. The third kappa shape index (κ3) is 4.74. The highest BCUT2D eigenvalue weighted by Gasteiger charge is 2.27. The third-order valence-corrected chi connectivity index (χ3v) is 2.66. The quantitative estimate of drug-likeness (QED) is 0.871. The number of hydrogen-bond donors (Lipinski definition) is 1. The SMILES string of the molecule is COC(=O)[C@@H](NC(=O)OC(C)(C)C)c1ccccc1Cl. The van der Waals surface area contributed by atoms with Crippen LogP contribution in [0.4, 0.5) is 4.79 Å². The Morgan fingerprint density at radius 3 is 2.35 bits per heavy atom. The molecule has 0 aliphatic carbocycles. The average molecular weight is 300 g/mol. The first-order valence-electron chi connectivity index (χ1n) is 6.06. The Labute approximate surface area is 123 Å². The summed E-state index contributed by atoms with van der Waals surface area (Å²) in [5, 5.41) is 2.82. The van der Waals surface area contributed by atoms with Gasteiger partial charge in [0.15, 0.2) is 6.04 Å². The highest BCUT2D eigenvalue weighted by molar-refractivity contribution is 6.31. The van der Waals surface area contributed by atoms with Gasteiger partial charge in [-0.3, -0.25) is 0 Å². The average Bonchev–Trinajstić information content (AvgIpc) is 2.34. The molecule has 0 spiro atoms. The molecule has 0 bridgehead atoms. The van der Waals surface area contributed by atoms with Crippen LogP contribution in [0.3, 0.4) is 0 Å². The first-order valence-corrected chi connectivity index (χ1v) is 6.44. The molecule has 20 heavy (non-hydrogen) atoms. The molecular weight excluding hydrogens is 282 g/mol. The Morgan fingerprint density at radius 2 is 1.85 bits per heavy atom. The summed E-state index contributed by atoms with van der Waals surface area (Å²) >= 11 is 6.04. The van der Waals surface area contributed by atoms with Crippen LogP contribution < -0.4 is 5.32 Å². The van der Waals surface area contributed by atoms with E-state index >= 15 is 0 Å². The zero-order valence-electron chi connectivity index (χ0n) is 11.9. The van der Waals surface area contributed by atoms with Crippen LogP contribution in [0.15, 0.2) is 24.3 Å². The van der Waals surface area contributed by atoms with Gasteiger partial charge in [-0.05, 0) is 26.8 Å². The molecule has 1 aromatic rings. The molecule has 0 saturated carbocycles. The van der Waals surface area contributed by atoms with Gasteiger partial charge in [-0.2, -0.15) is 0 Å². The fourth-order valence-corrected chi connectivity index (χ4v) is 1.76. The zero-order valence-corrected chi connectivity index (χ0v) is 12.7. The second-order valence-electron chi connectivity index (χ2n) is 5.12. The van der Waals surface area contributed by atoms with E-state index in [-0.39, 0.29) is 0 Å². The number of carbonyl (C=O) groups excluding carboxylic acids is 2. The van der Waals surface area contributed by atoms with Crippen molar-refractivity contribution in [1.29, 1.82) is 0 Å². The number of rotatable bonds is 3. The van der Waals surface area contributed by atoms with Crippen LogP contribution in [0.5, 0.6) is 0 Å². The van der Waals surface area contributed by atoms with Crippen molar-refractivity contribution in [2.45, 2.75) is 32.4 Å². The summed E-state index contributed by atoms with van der Waals surface area (Å²) in [7, 11) is 1.24.